The second-order valence-corrected chi connectivity index (χ2v) is 6.43. The number of piperidine rings is 1. The van der Waals surface area contributed by atoms with Gasteiger partial charge in [0.1, 0.15) is 5.56 Å². The molecule has 0 bridgehead atoms. The Balaban J connectivity index is 2.16. The number of hydrogen-bond donors (Lipinski definition) is 0. The van der Waals surface area contributed by atoms with Crippen molar-refractivity contribution < 1.29 is 28.7 Å². The van der Waals surface area contributed by atoms with Crippen molar-refractivity contribution in [2.45, 2.75) is 45.6 Å². The molecular formula is C19H26N2O7. The van der Waals surface area contributed by atoms with Crippen LogP contribution in [0.15, 0.2) is 12.1 Å². The average molecular weight is 394 g/mol. The number of carbonyl (C=O) groups excluding carboxylic acids is 2. The first-order valence-corrected chi connectivity index (χ1v) is 9.38. The third-order valence-electron chi connectivity index (χ3n) is 4.74. The van der Waals surface area contributed by atoms with E-state index in [4.69, 9.17) is 14.2 Å². The van der Waals surface area contributed by atoms with Gasteiger partial charge in [0, 0.05) is 18.7 Å². The van der Waals surface area contributed by atoms with Gasteiger partial charge in [-0.15, -0.1) is 0 Å². The summed E-state index contributed by atoms with van der Waals surface area (Å²) in [5, 5.41) is 11.4. The zero-order valence-electron chi connectivity index (χ0n) is 16.4. The maximum Gasteiger partial charge on any atom is 0.345 e. The Labute approximate surface area is 163 Å². The molecule has 0 saturated carbocycles. The summed E-state index contributed by atoms with van der Waals surface area (Å²) in [7, 11) is 1.36. The van der Waals surface area contributed by atoms with Crippen molar-refractivity contribution in [3.05, 3.63) is 27.8 Å². The number of nitro groups is 1. The zero-order valence-corrected chi connectivity index (χ0v) is 16.4. The molecule has 1 aliphatic heterocycles. The molecule has 0 N–H and O–H groups in total. The van der Waals surface area contributed by atoms with E-state index in [0.717, 1.165) is 31.7 Å². The topological polar surface area (TPSA) is 108 Å². The third kappa shape index (κ3) is 4.90. The molecule has 1 heterocycles. The highest BCUT2D eigenvalue weighted by molar-refractivity contribution is 5.96. The lowest BCUT2D eigenvalue weighted by Gasteiger charge is -2.35. The minimum atomic E-state index is -0.952. The predicted molar refractivity (Wildman–Crippen MR) is 101 cm³/mol. The van der Waals surface area contributed by atoms with Crippen LogP contribution in [0, 0.1) is 10.1 Å². The van der Waals surface area contributed by atoms with E-state index in [9.17, 15) is 19.7 Å². The molecule has 9 nitrogen and oxygen atoms in total. The van der Waals surface area contributed by atoms with E-state index in [0.29, 0.717) is 6.54 Å². The van der Waals surface area contributed by atoms with Gasteiger partial charge >= 0.3 is 5.97 Å². The van der Waals surface area contributed by atoms with E-state index >= 15 is 0 Å². The second kappa shape index (κ2) is 9.91. The first-order chi connectivity index (χ1) is 13.4. The molecule has 28 heavy (non-hydrogen) atoms. The standard InChI is InChI=1S/C19H26N2O7/c1-4-13-8-6-7-9-20(13)18(22)12-28-19(23)14-10-16(26-3)17(27-5-2)11-15(14)21(24)25/h10-11,13H,4-9,12H2,1-3H3. The van der Waals surface area contributed by atoms with Crippen LogP contribution in [0.2, 0.25) is 0 Å². The molecule has 1 unspecified atom stereocenters. The van der Waals surface area contributed by atoms with Gasteiger partial charge < -0.3 is 19.1 Å². The van der Waals surface area contributed by atoms with Gasteiger partial charge in [0.05, 0.1) is 24.7 Å². The Morgan fingerprint density at radius 1 is 1.25 bits per heavy atom. The van der Waals surface area contributed by atoms with Gasteiger partial charge in [-0.2, -0.15) is 0 Å². The summed E-state index contributed by atoms with van der Waals surface area (Å²) in [5.41, 5.74) is -0.755. The molecule has 1 aromatic rings. The molecule has 1 fully saturated rings. The van der Waals surface area contributed by atoms with Gasteiger partial charge in [-0.1, -0.05) is 6.92 Å². The number of ether oxygens (including phenoxy) is 3. The van der Waals surface area contributed by atoms with Crippen molar-refractivity contribution in [3.8, 4) is 11.5 Å². The van der Waals surface area contributed by atoms with Crippen LogP contribution in [0.3, 0.4) is 0 Å². The SMILES string of the molecule is CCOc1cc([N+](=O)[O-])c(C(=O)OCC(=O)N2CCCCC2CC)cc1OC. The normalized spacial score (nSPS) is 16.4. The van der Waals surface area contributed by atoms with Crippen molar-refractivity contribution in [2.75, 3.05) is 26.9 Å². The number of likely N-dealkylation sites (tertiary alicyclic amines) is 1. The summed E-state index contributed by atoms with van der Waals surface area (Å²) in [6.07, 6.45) is 3.75. The van der Waals surface area contributed by atoms with Gasteiger partial charge in [0.15, 0.2) is 18.1 Å². The van der Waals surface area contributed by atoms with E-state index in [1.54, 1.807) is 11.8 Å². The van der Waals surface area contributed by atoms with Crippen LogP contribution in [0.4, 0.5) is 5.69 Å². The van der Waals surface area contributed by atoms with Gasteiger partial charge in [0.25, 0.3) is 11.6 Å². The number of hydrogen-bond acceptors (Lipinski definition) is 7. The Morgan fingerprint density at radius 2 is 2.00 bits per heavy atom. The second-order valence-electron chi connectivity index (χ2n) is 6.43. The number of esters is 1. The molecule has 9 heteroatoms. The lowest BCUT2D eigenvalue weighted by molar-refractivity contribution is -0.385. The third-order valence-corrected chi connectivity index (χ3v) is 4.74. The minimum absolute atomic E-state index is 0.139. The fourth-order valence-corrected chi connectivity index (χ4v) is 3.33. The molecule has 154 valence electrons. The molecule has 0 radical (unpaired) electrons. The van der Waals surface area contributed by atoms with Gasteiger partial charge in [0.2, 0.25) is 0 Å². The minimum Gasteiger partial charge on any atom is -0.493 e. The highest BCUT2D eigenvalue weighted by Crippen LogP contribution is 2.35. The Hall–Kier alpha value is -2.84. The molecule has 1 amide bonds. The number of benzene rings is 1. The van der Waals surface area contributed by atoms with Crippen LogP contribution in [0.25, 0.3) is 0 Å². The molecule has 1 atom stereocenters. The maximum atomic E-state index is 12.5. The Morgan fingerprint density at radius 3 is 2.61 bits per heavy atom. The van der Waals surface area contributed by atoms with E-state index in [2.05, 4.69) is 0 Å². The van der Waals surface area contributed by atoms with Crippen molar-refractivity contribution in [1.29, 1.82) is 0 Å². The molecule has 2 rings (SSSR count). The summed E-state index contributed by atoms with van der Waals surface area (Å²) >= 11 is 0. The van der Waals surface area contributed by atoms with Gasteiger partial charge in [-0.3, -0.25) is 14.9 Å². The van der Waals surface area contributed by atoms with Crippen LogP contribution in [0.5, 0.6) is 11.5 Å². The van der Waals surface area contributed by atoms with Crippen molar-refractivity contribution in [1.82, 2.24) is 4.90 Å². The lowest BCUT2D eigenvalue weighted by Crippen LogP contribution is -2.45. The quantitative estimate of drug-likeness (QED) is 0.379. The zero-order chi connectivity index (χ0) is 20.7. The van der Waals surface area contributed by atoms with Crippen LogP contribution in [-0.4, -0.2) is 54.6 Å². The van der Waals surface area contributed by atoms with Crippen LogP contribution in [0.1, 0.15) is 49.9 Å². The largest absolute Gasteiger partial charge is 0.493 e. The number of methoxy groups -OCH3 is 1. The van der Waals surface area contributed by atoms with Crippen molar-refractivity contribution in [2.24, 2.45) is 0 Å². The maximum absolute atomic E-state index is 12.5. The first kappa shape index (κ1) is 21.5. The summed E-state index contributed by atoms with van der Waals surface area (Å²) in [6, 6.07) is 2.46. The Bertz CT molecular complexity index is 735. The summed E-state index contributed by atoms with van der Waals surface area (Å²) in [5.74, 6) is -0.914. The summed E-state index contributed by atoms with van der Waals surface area (Å²) in [6.45, 7) is 4.19. The molecule has 0 aromatic heterocycles. The molecule has 0 spiro atoms. The lowest BCUT2D eigenvalue weighted by atomic mass is 10.00. The summed E-state index contributed by atoms with van der Waals surface area (Å²) in [4.78, 5) is 37.3. The molecule has 1 aromatic carbocycles. The monoisotopic (exact) mass is 394 g/mol. The van der Waals surface area contributed by atoms with Crippen molar-refractivity contribution >= 4 is 17.6 Å². The summed E-state index contributed by atoms with van der Waals surface area (Å²) < 4.78 is 15.6. The van der Waals surface area contributed by atoms with Crippen LogP contribution >= 0.6 is 0 Å². The van der Waals surface area contributed by atoms with Crippen LogP contribution < -0.4 is 9.47 Å². The molecular weight excluding hydrogens is 368 g/mol. The molecule has 1 aliphatic rings. The van der Waals surface area contributed by atoms with E-state index in [-0.39, 0.29) is 35.6 Å². The number of rotatable bonds is 8. The number of nitro benzene ring substituents is 1. The Kier molecular flexibility index (Phi) is 7.60. The number of nitrogens with zero attached hydrogens (tertiary/aromatic N) is 2. The highest BCUT2D eigenvalue weighted by atomic mass is 16.6. The molecule has 1 saturated heterocycles. The van der Waals surface area contributed by atoms with Crippen molar-refractivity contribution in [3.63, 3.8) is 0 Å². The smallest absolute Gasteiger partial charge is 0.345 e. The van der Waals surface area contributed by atoms with E-state index < -0.39 is 23.2 Å². The average Bonchev–Trinajstić information content (AvgIpc) is 2.71. The van der Waals surface area contributed by atoms with Gasteiger partial charge in [-0.25, -0.2) is 4.79 Å². The predicted octanol–water partition coefficient (Wildman–Crippen LogP) is 2.95. The van der Waals surface area contributed by atoms with Crippen LogP contribution in [-0.2, 0) is 9.53 Å². The number of carbonyl (C=O) groups is 2. The fourth-order valence-electron chi connectivity index (χ4n) is 3.33. The first-order valence-electron chi connectivity index (χ1n) is 9.38. The fraction of sp³-hybridized carbons (Fsp3) is 0.579. The molecule has 0 aliphatic carbocycles. The van der Waals surface area contributed by atoms with Gasteiger partial charge in [-0.05, 0) is 32.6 Å². The van der Waals surface area contributed by atoms with E-state index in [1.165, 1.54) is 13.2 Å². The van der Waals surface area contributed by atoms with E-state index in [1.807, 2.05) is 6.92 Å². The highest BCUT2D eigenvalue weighted by Gasteiger charge is 2.29. The number of amides is 1.